The maximum Gasteiger partial charge on any atom is 0.176 e. The summed E-state index contributed by atoms with van der Waals surface area (Å²) in [4.78, 5) is 0. The van der Waals surface area contributed by atoms with Gasteiger partial charge in [0, 0.05) is 9.84 Å². The summed E-state index contributed by atoms with van der Waals surface area (Å²) >= 11 is 2.50. The van der Waals surface area contributed by atoms with Crippen molar-refractivity contribution in [1.29, 1.82) is 0 Å². The minimum atomic E-state index is 0.149. The van der Waals surface area contributed by atoms with Gasteiger partial charge >= 0.3 is 0 Å². The third kappa shape index (κ3) is 2.40. The number of hydrogen-bond donors (Lipinski definition) is 0. The van der Waals surface area contributed by atoms with Crippen LogP contribution < -0.4 is 5.72 Å². The molecular formula is C8H10BIN4. The molecule has 1 aliphatic carbocycles. The van der Waals surface area contributed by atoms with Crippen molar-refractivity contribution in [3.8, 4) is 0 Å². The van der Waals surface area contributed by atoms with Crippen molar-refractivity contribution >= 4 is 36.2 Å². The van der Waals surface area contributed by atoms with Gasteiger partial charge in [-0.3, -0.25) is 0 Å². The second-order valence-corrected chi connectivity index (χ2v) is 5.33. The monoisotopic (exact) mass is 300 g/mol. The lowest BCUT2D eigenvalue weighted by Gasteiger charge is -2.23. The Labute approximate surface area is 97.8 Å². The number of nitrogens with zero attached hydrogens (tertiary/aromatic N) is 4. The fraction of sp³-hybridized carbons (Fsp3) is 0.750. The molecular weight excluding hydrogens is 290 g/mol. The Morgan fingerprint density at radius 2 is 1.57 bits per heavy atom. The van der Waals surface area contributed by atoms with Gasteiger partial charge in [-0.05, 0) is 25.7 Å². The predicted octanol–water partition coefficient (Wildman–Crippen LogP) is 0.522. The van der Waals surface area contributed by atoms with Crippen LogP contribution in [0.2, 0.25) is 0 Å². The first-order chi connectivity index (χ1) is 6.75. The van der Waals surface area contributed by atoms with E-state index in [1.54, 1.807) is 0 Å². The van der Waals surface area contributed by atoms with Crippen LogP contribution in [-0.4, -0.2) is 32.2 Å². The maximum absolute atomic E-state index is 5.33. The van der Waals surface area contributed by atoms with Crippen LogP contribution >= 0.6 is 22.6 Å². The van der Waals surface area contributed by atoms with Gasteiger partial charge in [-0.15, -0.1) is 20.4 Å². The van der Waals surface area contributed by atoms with Crippen molar-refractivity contribution in [2.24, 2.45) is 0 Å². The maximum atomic E-state index is 5.33. The average molecular weight is 300 g/mol. The largest absolute Gasteiger partial charge is 0.176 e. The molecule has 0 amide bonds. The Bertz CT molecular complexity index is 297. The Morgan fingerprint density at radius 1 is 1.00 bits per heavy atom. The van der Waals surface area contributed by atoms with E-state index < -0.39 is 0 Å². The summed E-state index contributed by atoms with van der Waals surface area (Å²) in [6.07, 6.45) is 4.75. The van der Waals surface area contributed by atoms with E-state index in [4.69, 9.17) is 7.85 Å². The summed E-state index contributed by atoms with van der Waals surface area (Å²) in [5.41, 5.74) is 0.149. The highest BCUT2D eigenvalue weighted by Crippen LogP contribution is 2.33. The zero-order chi connectivity index (χ0) is 9.97. The Hall–Kier alpha value is -0.265. The van der Waals surface area contributed by atoms with Gasteiger partial charge in [0.1, 0.15) is 5.72 Å². The quantitative estimate of drug-likeness (QED) is 0.431. The van der Waals surface area contributed by atoms with Crippen LogP contribution in [0.5, 0.6) is 0 Å². The molecule has 6 heteroatoms. The van der Waals surface area contributed by atoms with Crippen LogP contribution in [0, 0.1) is 0 Å². The van der Waals surface area contributed by atoms with Crippen LogP contribution in [0.15, 0.2) is 0 Å². The van der Waals surface area contributed by atoms with Gasteiger partial charge < -0.3 is 0 Å². The van der Waals surface area contributed by atoms with Crippen LogP contribution in [0.3, 0.4) is 0 Å². The zero-order valence-corrected chi connectivity index (χ0v) is 9.88. The molecule has 1 heterocycles. The predicted molar refractivity (Wildman–Crippen MR) is 62.0 cm³/mol. The van der Waals surface area contributed by atoms with Gasteiger partial charge in [0.15, 0.2) is 13.7 Å². The smallest absolute Gasteiger partial charge is 0.144 e. The third-order valence-corrected chi connectivity index (χ3v) is 3.78. The van der Waals surface area contributed by atoms with E-state index in [-0.39, 0.29) is 5.72 Å². The summed E-state index contributed by atoms with van der Waals surface area (Å²) in [5, 5.41) is 15.4. The number of halogens is 1. The molecule has 1 fully saturated rings. The van der Waals surface area contributed by atoms with Gasteiger partial charge in [0.25, 0.3) is 0 Å². The molecule has 0 atom stereocenters. The highest BCUT2D eigenvalue weighted by atomic mass is 127. The number of aromatic nitrogens is 4. The summed E-state index contributed by atoms with van der Waals surface area (Å²) in [6, 6.07) is 0. The van der Waals surface area contributed by atoms with E-state index in [1.807, 2.05) is 0 Å². The second-order valence-electron chi connectivity index (χ2n) is 3.57. The van der Waals surface area contributed by atoms with Gasteiger partial charge in [-0.2, -0.15) is 0 Å². The minimum Gasteiger partial charge on any atom is -0.144 e. The van der Waals surface area contributed by atoms with Gasteiger partial charge in [-0.1, -0.05) is 22.6 Å². The fourth-order valence-corrected chi connectivity index (χ4v) is 2.44. The molecule has 72 valence electrons. The molecule has 0 aliphatic heterocycles. The molecule has 2 rings (SSSR count). The summed E-state index contributed by atoms with van der Waals surface area (Å²) in [6.45, 7) is 0. The van der Waals surface area contributed by atoms with Crippen molar-refractivity contribution in [2.75, 3.05) is 0 Å². The first-order valence-electron chi connectivity index (χ1n) is 4.72. The van der Waals surface area contributed by atoms with Crippen molar-refractivity contribution in [2.45, 2.75) is 35.5 Å². The summed E-state index contributed by atoms with van der Waals surface area (Å²) < 4.78 is 0.804. The highest BCUT2D eigenvalue weighted by molar-refractivity contribution is 14.1. The first-order valence-corrected chi connectivity index (χ1v) is 5.97. The SMILES string of the molecule is [B]c1nnc(C2CCC(I)CC2)nn1. The van der Waals surface area contributed by atoms with Gasteiger partial charge in [-0.25, -0.2) is 0 Å². The molecule has 0 spiro atoms. The van der Waals surface area contributed by atoms with Crippen molar-refractivity contribution in [3.05, 3.63) is 5.82 Å². The van der Waals surface area contributed by atoms with Gasteiger partial charge in [0.2, 0.25) is 0 Å². The van der Waals surface area contributed by atoms with E-state index in [9.17, 15) is 0 Å². The van der Waals surface area contributed by atoms with E-state index in [0.29, 0.717) is 5.92 Å². The van der Waals surface area contributed by atoms with Gasteiger partial charge in [0.05, 0.1) is 0 Å². The minimum absolute atomic E-state index is 0.149. The molecule has 4 nitrogen and oxygen atoms in total. The molecule has 1 aliphatic rings. The average Bonchev–Trinajstić information content (AvgIpc) is 2.21. The Balaban J connectivity index is 2.05. The molecule has 1 aromatic heterocycles. The van der Waals surface area contributed by atoms with E-state index in [0.717, 1.165) is 22.6 Å². The topological polar surface area (TPSA) is 51.6 Å². The molecule has 0 unspecified atom stereocenters. The standard InChI is InChI=1S/C8H10BIN4/c9-8-13-11-7(12-14-8)5-1-3-6(10)4-2-5/h5-6H,1-4H2. The molecule has 1 aromatic rings. The molecule has 1 saturated carbocycles. The van der Waals surface area contributed by atoms with Crippen LogP contribution in [0.25, 0.3) is 0 Å². The molecule has 0 saturated heterocycles. The van der Waals surface area contributed by atoms with E-state index >= 15 is 0 Å². The molecule has 2 radical (unpaired) electrons. The number of alkyl halides is 1. The fourth-order valence-electron chi connectivity index (χ4n) is 1.72. The summed E-state index contributed by atoms with van der Waals surface area (Å²) in [7, 11) is 5.33. The lowest BCUT2D eigenvalue weighted by atomic mass is 9.89. The van der Waals surface area contributed by atoms with Crippen LogP contribution in [-0.2, 0) is 0 Å². The van der Waals surface area contributed by atoms with E-state index in [1.165, 1.54) is 12.8 Å². The highest BCUT2D eigenvalue weighted by Gasteiger charge is 2.23. The lowest BCUT2D eigenvalue weighted by molar-refractivity contribution is 0.437. The van der Waals surface area contributed by atoms with Crippen molar-refractivity contribution in [1.82, 2.24) is 20.4 Å². The van der Waals surface area contributed by atoms with Crippen LogP contribution in [0.4, 0.5) is 0 Å². The zero-order valence-electron chi connectivity index (χ0n) is 7.73. The van der Waals surface area contributed by atoms with Crippen LogP contribution in [0.1, 0.15) is 37.4 Å². The van der Waals surface area contributed by atoms with Crippen molar-refractivity contribution < 1.29 is 0 Å². The van der Waals surface area contributed by atoms with E-state index in [2.05, 4.69) is 43.0 Å². The molecule has 0 bridgehead atoms. The van der Waals surface area contributed by atoms with Crippen molar-refractivity contribution in [3.63, 3.8) is 0 Å². The second kappa shape index (κ2) is 4.50. The number of rotatable bonds is 1. The normalized spacial score (nSPS) is 27.5. The first kappa shape index (κ1) is 10.3. The summed E-state index contributed by atoms with van der Waals surface area (Å²) in [5.74, 6) is 1.18. The third-order valence-electron chi connectivity index (χ3n) is 2.53. The molecule has 0 N–H and O–H groups in total. The lowest BCUT2D eigenvalue weighted by Crippen LogP contribution is -2.22. The molecule has 0 aromatic carbocycles. The Morgan fingerprint density at radius 3 is 2.14 bits per heavy atom. The molecule has 14 heavy (non-hydrogen) atoms. The number of hydrogen-bond acceptors (Lipinski definition) is 4. The Kier molecular flexibility index (Phi) is 3.30.